The van der Waals surface area contributed by atoms with E-state index < -0.39 is 0 Å². The second-order valence-corrected chi connectivity index (χ2v) is 5.83. The van der Waals surface area contributed by atoms with Gasteiger partial charge in [0.1, 0.15) is 0 Å². The number of hydrogen-bond donors (Lipinski definition) is 2. The van der Waals surface area contributed by atoms with E-state index in [2.05, 4.69) is 19.2 Å². The number of nitrogens with one attached hydrogen (secondary N) is 1. The Bertz CT molecular complexity index is 222. The average Bonchev–Trinajstić information content (AvgIpc) is 2.59. The highest BCUT2D eigenvalue weighted by Crippen LogP contribution is 2.65. The molecule has 3 N–H and O–H groups in total. The van der Waals surface area contributed by atoms with E-state index >= 15 is 0 Å². The van der Waals surface area contributed by atoms with Gasteiger partial charge >= 0.3 is 0 Å². The van der Waals surface area contributed by atoms with Crippen LogP contribution in [0.3, 0.4) is 0 Å². The van der Waals surface area contributed by atoms with Gasteiger partial charge in [-0.1, -0.05) is 0 Å². The second-order valence-electron chi connectivity index (χ2n) is 5.83. The van der Waals surface area contributed by atoms with Crippen LogP contribution in [-0.2, 0) is 0 Å². The number of hydrogen-bond acceptors (Lipinski definition) is 2. The molecular formula is C12H22N2. The summed E-state index contributed by atoms with van der Waals surface area (Å²) in [6.07, 6.45) is 4.56. The minimum Gasteiger partial charge on any atom is -0.327 e. The first-order chi connectivity index (χ1) is 6.68. The summed E-state index contributed by atoms with van der Waals surface area (Å²) in [4.78, 5) is 0. The van der Waals surface area contributed by atoms with Crippen LogP contribution in [0, 0.1) is 23.7 Å². The SMILES string of the molecule is CC(N)C(C)NC1C2C3CCC(C3)C12. The molecule has 0 aromatic heterocycles. The van der Waals surface area contributed by atoms with Crippen molar-refractivity contribution < 1.29 is 0 Å². The molecule has 2 heteroatoms. The molecule has 3 fully saturated rings. The van der Waals surface area contributed by atoms with Crippen LogP contribution in [0.15, 0.2) is 0 Å². The molecule has 14 heavy (non-hydrogen) atoms. The van der Waals surface area contributed by atoms with E-state index in [1.54, 1.807) is 6.42 Å². The quantitative estimate of drug-likeness (QED) is 0.712. The first-order valence-electron chi connectivity index (χ1n) is 6.20. The van der Waals surface area contributed by atoms with Gasteiger partial charge in [0, 0.05) is 18.1 Å². The molecule has 0 saturated heterocycles. The van der Waals surface area contributed by atoms with Crippen molar-refractivity contribution in [3.8, 4) is 0 Å². The fourth-order valence-electron chi connectivity index (χ4n) is 4.00. The summed E-state index contributed by atoms with van der Waals surface area (Å²) < 4.78 is 0. The highest BCUT2D eigenvalue weighted by Gasteiger charge is 2.64. The molecule has 0 radical (unpaired) electrons. The summed E-state index contributed by atoms with van der Waals surface area (Å²) in [6.45, 7) is 4.32. The van der Waals surface area contributed by atoms with Crippen LogP contribution in [-0.4, -0.2) is 18.1 Å². The van der Waals surface area contributed by atoms with Crippen LogP contribution in [0.1, 0.15) is 33.1 Å². The molecule has 0 spiro atoms. The molecule has 3 rings (SSSR count). The van der Waals surface area contributed by atoms with E-state index in [-0.39, 0.29) is 6.04 Å². The first-order valence-corrected chi connectivity index (χ1v) is 6.20. The minimum atomic E-state index is 0.286. The Hall–Kier alpha value is -0.0800. The second kappa shape index (κ2) is 2.96. The maximum absolute atomic E-state index is 5.88. The van der Waals surface area contributed by atoms with Crippen molar-refractivity contribution in [1.82, 2.24) is 5.32 Å². The molecule has 6 atom stereocenters. The van der Waals surface area contributed by atoms with Gasteiger partial charge in [-0.2, -0.15) is 0 Å². The van der Waals surface area contributed by atoms with Crippen LogP contribution in [0.4, 0.5) is 0 Å². The Morgan fingerprint density at radius 3 is 2.21 bits per heavy atom. The van der Waals surface area contributed by atoms with Crippen molar-refractivity contribution >= 4 is 0 Å². The maximum atomic E-state index is 5.88. The highest BCUT2D eigenvalue weighted by atomic mass is 15.1. The predicted octanol–water partition coefficient (Wildman–Crippen LogP) is 1.36. The molecule has 2 bridgehead atoms. The van der Waals surface area contributed by atoms with E-state index in [1.807, 2.05) is 0 Å². The van der Waals surface area contributed by atoms with Gasteiger partial charge in [0.25, 0.3) is 0 Å². The zero-order valence-corrected chi connectivity index (χ0v) is 9.24. The van der Waals surface area contributed by atoms with Gasteiger partial charge < -0.3 is 11.1 Å². The van der Waals surface area contributed by atoms with E-state index in [1.165, 1.54) is 12.8 Å². The first kappa shape index (κ1) is 9.17. The molecule has 3 saturated carbocycles. The molecule has 3 aliphatic rings. The van der Waals surface area contributed by atoms with Crippen molar-refractivity contribution in [2.45, 2.75) is 51.2 Å². The minimum absolute atomic E-state index is 0.286. The third kappa shape index (κ3) is 1.17. The fourth-order valence-corrected chi connectivity index (χ4v) is 4.00. The lowest BCUT2D eigenvalue weighted by molar-refractivity contribution is 0.402. The van der Waals surface area contributed by atoms with Crippen LogP contribution < -0.4 is 11.1 Å². The van der Waals surface area contributed by atoms with Gasteiger partial charge in [0.05, 0.1) is 0 Å². The molecule has 2 nitrogen and oxygen atoms in total. The van der Waals surface area contributed by atoms with Crippen molar-refractivity contribution in [3.63, 3.8) is 0 Å². The molecule has 0 aliphatic heterocycles. The molecule has 0 aromatic carbocycles. The summed E-state index contributed by atoms with van der Waals surface area (Å²) in [5.74, 6) is 4.22. The lowest BCUT2D eigenvalue weighted by Gasteiger charge is -2.19. The molecule has 0 aromatic rings. The summed E-state index contributed by atoms with van der Waals surface area (Å²) in [5.41, 5.74) is 5.88. The molecular weight excluding hydrogens is 172 g/mol. The molecule has 80 valence electrons. The third-order valence-electron chi connectivity index (χ3n) is 4.98. The van der Waals surface area contributed by atoms with Gasteiger partial charge in [0.2, 0.25) is 0 Å². The topological polar surface area (TPSA) is 38.0 Å². The Morgan fingerprint density at radius 2 is 1.71 bits per heavy atom. The largest absolute Gasteiger partial charge is 0.327 e. The van der Waals surface area contributed by atoms with Crippen molar-refractivity contribution in [2.24, 2.45) is 29.4 Å². The summed E-state index contributed by atoms with van der Waals surface area (Å²) in [6, 6.07) is 1.61. The van der Waals surface area contributed by atoms with E-state index in [4.69, 9.17) is 5.73 Å². The lowest BCUT2D eigenvalue weighted by atomic mass is 10.0. The predicted molar refractivity (Wildman–Crippen MR) is 57.8 cm³/mol. The van der Waals surface area contributed by atoms with Gasteiger partial charge in [-0.3, -0.25) is 0 Å². The zero-order chi connectivity index (χ0) is 9.87. The van der Waals surface area contributed by atoms with E-state index in [9.17, 15) is 0 Å². The summed E-state index contributed by atoms with van der Waals surface area (Å²) >= 11 is 0. The van der Waals surface area contributed by atoms with Gasteiger partial charge in [-0.05, 0) is 56.8 Å². The Morgan fingerprint density at radius 1 is 1.14 bits per heavy atom. The number of rotatable bonds is 3. The Kier molecular flexibility index (Phi) is 1.94. The van der Waals surface area contributed by atoms with Gasteiger partial charge in [-0.25, -0.2) is 0 Å². The molecule has 0 amide bonds. The lowest BCUT2D eigenvalue weighted by Crippen LogP contribution is -2.43. The van der Waals surface area contributed by atoms with Gasteiger partial charge in [-0.15, -0.1) is 0 Å². The molecule has 0 heterocycles. The average molecular weight is 194 g/mol. The number of fused-ring (bicyclic) bond motifs is 5. The maximum Gasteiger partial charge on any atom is 0.0190 e. The smallest absolute Gasteiger partial charge is 0.0190 e. The van der Waals surface area contributed by atoms with Crippen LogP contribution in [0.25, 0.3) is 0 Å². The normalized spacial score (nSPS) is 52.9. The zero-order valence-electron chi connectivity index (χ0n) is 9.24. The van der Waals surface area contributed by atoms with Crippen LogP contribution in [0.2, 0.25) is 0 Å². The third-order valence-corrected chi connectivity index (χ3v) is 4.98. The van der Waals surface area contributed by atoms with Crippen molar-refractivity contribution in [3.05, 3.63) is 0 Å². The Labute approximate surface area is 86.6 Å². The molecule has 3 aliphatic carbocycles. The van der Waals surface area contributed by atoms with Crippen LogP contribution >= 0.6 is 0 Å². The van der Waals surface area contributed by atoms with Crippen molar-refractivity contribution in [1.29, 1.82) is 0 Å². The highest BCUT2D eigenvalue weighted by molar-refractivity contribution is 5.17. The fraction of sp³-hybridized carbons (Fsp3) is 1.00. The van der Waals surface area contributed by atoms with E-state index in [0.717, 1.165) is 29.7 Å². The molecule has 6 unspecified atom stereocenters. The monoisotopic (exact) mass is 194 g/mol. The summed E-state index contributed by atoms with van der Waals surface area (Å²) in [7, 11) is 0. The number of nitrogens with two attached hydrogens (primary N) is 1. The van der Waals surface area contributed by atoms with Crippen LogP contribution in [0.5, 0.6) is 0 Å². The van der Waals surface area contributed by atoms with E-state index in [0.29, 0.717) is 6.04 Å². The Balaban J connectivity index is 1.59. The van der Waals surface area contributed by atoms with Gasteiger partial charge in [0.15, 0.2) is 0 Å². The standard InChI is InChI=1S/C12H22N2/c1-6(13)7(2)14-12-10-8-3-4-9(5-8)11(10)12/h6-12,14H,3-5,13H2,1-2H3. The summed E-state index contributed by atoms with van der Waals surface area (Å²) in [5, 5.41) is 3.73. The van der Waals surface area contributed by atoms with Crippen molar-refractivity contribution in [2.75, 3.05) is 0 Å².